The van der Waals surface area contributed by atoms with Gasteiger partial charge in [-0.1, -0.05) is 30.7 Å². The number of benzene rings is 2. The minimum Gasteiger partial charge on any atom is -0.503 e. The normalized spacial score (nSPS) is 10.8. The Hall–Kier alpha value is -3.39. The van der Waals surface area contributed by atoms with Crippen LogP contribution in [-0.4, -0.2) is 27.5 Å². The Balaban J connectivity index is 2.26. The number of para-hydroxylation sites is 1. The predicted molar refractivity (Wildman–Crippen MR) is 106 cm³/mol. The SMILES string of the molecule is CCCNC(=O)c1cccc2c(=O)c(O)c(-c3ccc(Cl)c([N+](=O)[O-])c3)[nH]c12. The summed E-state index contributed by atoms with van der Waals surface area (Å²) in [6.45, 7) is 2.38. The van der Waals surface area contributed by atoms with Crippen LogP contribution in [-0.2, 0) is 0 Å². The average molecular weight is 402 g/mol. The first-order valence-corrected chi connectivity index (χ1v) is 8.83. The molecule has 0 spiro atoms. The van der Waals surface area contributed by atoms with Crippen molar-refractivity contribution in [2.45, 2.75) is 13.3 Å². The number of nitrogens with zero attached hydrogens (tertiary/aromatic N) is 1. The first-order chi connectivity index (χ1) is 13.3. The fourth-order valence-electron chi connectivity index (χ4n) is 2.84. The molecule has 0 aliphatic heterocycles. The van der Waals surface area contributed by atoms with Crippen molar-refractivity contribution < 1.29 is 14.8 Å². The van der Waals surface area contributed by atoms with Crippen molar-refractivity contribution in [1.29, 1.82) is 0 Å². The second kappa shape index (κ2) is 7.69. The lowest BCUT2D eigenvalue weighted by atomic mass is 10.0. The van der Waals surface area contributed by atoms with Gasteiger partial charge in [-0.2, -0.15) is 0 Å². The maximum Gasteiger partial charge on any atom is 0.288 e. The van der Waals surface area contributed by atoms with Crippen LogP contribution in [0.25, 0.3) is 22.2 Å². The van der Waals surface area contributed by atoms with Crippen LogP contribution in [0.5, 0.6) is 5.75 Å². The van der Waals surface area contributed by atoms with E-state index < -0.39 is 16.1 Å². The van der Waals surface area contributed by atoms with E-state index in [0.717, 1.165) is 12.5 Å². The van der Waals surface area contributed by atoms with Crippen molar-refractivity contribution >= 4 is 34.1 Å². The third-order valence-electron chi connectivity index (χ3n) is 4.22. The Morgan fingerprint density at radius 3 is 2.75 bits per heavy atom. The van der Waals surface area contributed by atoms with Gasteiger partial charge in [-0.05, 0) is 24.6 Å². The van der Waals surface area contributed by atoms with E-state index in [4.69, 9.17) is 11.6 Å². The molecule has 8 nitrogen and oxygen atoms in total. The number of amides is 1. The van der Waals surface area contributed by atoms with Gasteiger partial charge in [0.2, 0.25) is 5.43 Å². The molecule has 1 heterocycles. The number of nitro groups is 1. The van der Waals surface area contributed by atoms with E-state index in [9.17, 15) is 24.8 Å². The highest BCUT2D eigenvalue weighted by Crippen LogP contribution is 2.33. The molecule has 1 aromatic heterocycles. The van der Waals surface area contributed by atoms with Crippen molar-refractivity contribution in [3.8, 4) is 17.0 Å². The molecule has 28 heavy (non-hydrogen) atoms. The average Bonchev–Trinajstić information content (AvgIpc) is 2.68. The van der Waals surface area contributed by atoms with Gasteiger partial charge in [0.15, 0.2) is 5.75 Å². The van der Waals surface area contributed by atoms with Crippen LogP contribution in [0.3, 0.4) is 0 Å². The summed E-state index contributed by atoms with van der Waals surface area (Å²) in [7, 11) is 0. The number of fused-ring (bicyclic) bond motifs is 1. The molecule has 0 unspecified atom stereocenters. The monoisotopic (exact) mass is 401 g/mol. The van der Waals surface area contributed by atoms with E-state index in [2.05, 4.69) is 10.3 Å². The lowest BCUT2D eigenvalue weighted by Gasteiger charge is -2.11. The zero-order valence-electron chi connectivity index (χ0n) is 14.8. The molecule has 1 amide bonds. The van der Waals surface area contributed by atoms with Gasteiger partial charge in [0.1, 0.15) is 5.02 Å². The van der Waals surface area contributed by atoms with E-state index in [1.165, 1.54) is 18.2 Å². The number of halogens is 1. The number of pyridine rings is 1. The molecule has 3 rings (SSSR count). The molecule has 0 aliphatic rings. The van der Waals surface area contributed by atoms with Crippen LogP contribution in [0.15, 0.2) is 41.2 Å². The van der Waals surface area contributed by atoms with Crippen molar-refractivity contribution in [2.75, 3.05) is 6.54 Å². The van der Waals surface area contributed by atoms with Crippen molar-refractivity contribution in [3.63, 3.8) is 0 Å². The summed E-state index contributed by atoms with van der Waals surface area (Å²) in [5, 5.41) is 24.3. The standard InChI is InChI=1S/C19H16ClN3O5/c1-2-8-21-19(26)12-5-3-4-11-16(12)22-15(18(25)17(11)24)10-6-7-13(20)14(9-10)23(27)28/h3-7,9,25H,2,8H2,1H3,(H,21,26)(H,22,24). The number of carbonyl (C=O) groups is 1. The van der Waals surface area contributed by atoms with Gasteiger partial charge >= 0.3 is 0 Å². The number of aromatic hydroxyl groups is 1. The van der Waals surface area contributed by atoms with E-state index in [0.29, 0.717) is 6.54 Å². The second-order valence-electron chi connectivity index (χ2n) is 6.09. The molecule has 3 aromatic rings. The topological polar surface area (TPSA) is 125 Å². The Morgan fingerprint density at radius 1 is 1.32 bits per heavy atom. The highest BCUT2D eigenvalue weighted by Gasteiger charge is 2.20. The third kappa shape index (κ3) is 3.41. The summed E-state index contributed by atoms with van der Waals surface area (Å²) in [6, 6.07) is 8.47. The Morgan fingerprint density at radius 2 is 2.07 bits per heavy atom. The summed E-state index contributed by atoms with van der Waals surface area (Å²) < 4.78 is 0. The van der Waals surface area contributed by atoms with Gasteiger partial charge in [0.05, 0.1) is 27.1 Å². The van der Waals surface area contributed by atoms with Crippen molar-refractivity contribution in [3.05, 3.63) is 67.3 Å². The molecule has 0 saturated heterocycles. The van der Waals surface area contributed by atoms with Gasteiger partial charge in [-0.3, -0.25) is 19.7 Å². The zero-order valence-corrected chi connectivity index (χ0v) is 15.5. The predicted octanol–water partition coefficient (Wildman–Crippen LogP) is 3.60. The molecular formula is C19H16ClN3O5. The van der Waals surface area contributed by atoms with Gasteiger partial charge < -0.3 is 15.4 Å². The molecule has 0 radical (unpaired) electrons. The minimum atomic E-state index is -0.688. The van der Waals surface area contributed by atoms with Gasteiger partial charge in [-0.25, -0.2) is 0 Å². The van der Waals surface area contributed by atoms with Crippen molar-refractivity contribution in [1.82, 2.24) is 10.3 Å². The summed E-state index contributed by atoms with van der Waals surface area (Å²) in [6.07, 6.45) is 0.744. The second-order valence-corrected chi connectivity index (χ2v) is 6.49. The first kappa shape index (κ1) is 19.4. The van der Waals surface area contributed by atoms with Crippen LogP contribution in [0, 0.1) is 10.1 Å². The number of rotatable bonds is 5. The van der Waals surface area contributed by atoms with E-state index in [1.54, 1.807) is 12.1 Å². The molecule has 3 N–H and O–H groups in total. The quantitative estimate of drug-likeness (QED) is 0.445. The fourth-order valence-corrected chi connectivity index (χ4v) is 3.03. The lowest BCUT2D eigenvalue weighted by molar-refractivity contribution is -0.384. The van der Waals surface area contributed by atoms with Crippen LogP contribution >= 0.6 is 11.6 Å². The minimum absolute atomic E-state index is 0.0343. The number of carbonyl (C=O) groups excluding carboxylic acids is 1. The lowest BCUT2D eigenvalue weighted by Crippen LogP contribution is -2.24. The maximum absolute atomic E-state index is 12.6. The smallest absolute Gasteiger partial charge is 0.288 e. The summed E-state index contributed by atoms with van der Waals surface area (Å²) >= 11 is 5.83. The molecule has 144 valence electrons. The van der Waals surface area contributed by atoms with Crippen LogP contribution in [0.4, 0.5) is 5.69 Å². The Bertz CT molecular complexity index is 1160. The number of nitrogens with one attached hydrogen (secondary N) is 2. The Labute approximate surface area is 163 Å². The van der Waals surface area contributed by atoms with Crippen molar-refractivity contribution in [2.24, 2.45) is 0 Å². The summed E-state index contributed by atoms with van der Waals surface area (Å²) in [4.78, 5) is 38.5. The number of aromatic nitrogens is 1. The van der Waals surface area contributed by atoms with E-state index in [1.807, 2.05) is 6.92 Å². The van der Waals surface area contributed by atoms with Crippen LogP contribution in [0.1, 0.15) is 23.7 Å². The number of H-pyrrole nitrogens is 1. The molecule has 0 saturated carbocycles. The highest BCUT2D eigenvalue weighted by atomic mass is 35.5. The van der Waals surface area contributed by atoms with Crippen LogP contribution in [0.2, 0.25) is 5.02 Å². The molecule has 0 fully saturated rings. The third-order valence-corrected chi connectivity index (χ3v) is 4.54. The fraction of sp³-hybridized carbons (Fsp3) is 0.158. The molecule has 0 bridgehead atoms. The van der Waals surface area contributed by atoms with Crippen LogP contribution < -0.4 is 10.7 Å². The van der Waals surface area contributed by atoms with Gasteiger partial charge in [-0.15, -0.1) is 0 Å². The number of hydrogen-bond donors (Lipinski definition) is 3. The molecule has 0 aliphatic carbocycles. The Kier molecular flexibility index (Phi) is 5.32. The van der Waals surface area contributed by atoms with Gasteiger partial charge in [0, 0.05) is 18.2 Å². The van der Waals surface area contributed by atoms with E-state index >= 15 is 0 Å². The summed E-state index contributed by atoms with van der Waals surface area (Å²) in [5.41, 5.74) is -0.441. The zero-order chi connectivity index (χ0) is 20.4. The number of aromatic amines is 1. The number of nitro benzene ring substituents is 1. The summed E-state index contributed by atoms with van der Waals surface area (Å²) in [5.74, 6) is -0.975. The largest absolute Gasteiger partial charge is 0.503 e. The maximum atomic E-state index is 12.6. The molecule has 9 heteroatoms. The molecule has 0 atom stereocenters. The van der Waals surface area contributed by atoms with Gasteiger partial charge in [0.25, 0.3) is 11.6 Å². The number of hydrogen-bond acceptors (Lipinski definition) is 5. The first-order valence-electron chi connectivity index (χ1n) is 8.45. The molecular weight excluding hydrogens is 386 g/mol. The molecule has 2 aromatic carbocycles. The highest BCUT2D eigenvalue weighted by molar-refractivity contribution is 6.32. The van der Waals surface area contributed by atoms with E-state index in [-0.39, 0.29) is 44.3 Å².